The molecule has 0 spiro atoms. The number of hydrogen-bond donors (Lipinski definition) is 0. The van der Waals surface area contributed by atoms with Crippen LogP contribution in [0.5, 0.6) is 0 Å². The molecule has 17 heavy (non-hydrogen) atoms. The second-order valence-electron chi connectivity index (χ2n) is 3.97. The smallest absolute Gasteiger partial charge is 0.438 e. The van der Waals surface area contributed by atoms with Gasteiger partial charge in [-0.15, -0.1) is 0 Å². The van der Waals surface area contributed by atoms with Gasteiger partial charge < -0.3 is 9.47 Å². The molecule has 0 heterocycles. The normalized spacial score (nSPS) is 11.9. The fraction of sp³-hybridized carbons (Fsp3) is 0.500. The lowest BCUT2D eigenvalue weighted by molar-refractivity contribution is 0.0322. The fourth-order valence-corrected chi connectivity index (χ4v) is 1.71. The average molecular weight is 236 g/mol. The van der Waals surface area contributed by atoms with Crippen molar-refractivity contribution >= 4 is 6.16 Å². The molecule has 1 aromatic carbocycles. The fourth-order valence-electron chi connectivity index (χ4n) is 1.71. The number of hydrogen-bond acceptors (Lipinski definition) is 3. The van der Waals surface area contributed by atoms with E-state index < -0.39 is 6.16 Å². The first kappa shape index (κ1) is 13.6. The Bertz CT molecular complexity index is 321. The molecule has 1 unspecified atom stereocenters. The van der Waals surface area contributed by atoms with Gasteiger partial charge in [0.1, 0.15) is 6.10 Å². The maximum atomic E-state index is 11.2. The summed E-state index contributed by atoms with van der Waals surface area (Å²) in [5.74, 6) is 0. The SMILES string of the molecule is CCCCCC(OC(=O)OC)c1ccccc1. The van der Waals surface area contributed by atoms with Crippen molar-refractivity contribution in [3.8, 4) is 0 Å². The zero-order chi connectivity index (χ0) is 12.5. The Labute approximate surface area is 103 Å². The van der Waals surface area contributed by atoms with Crippen molar-refractivity contribution in [1.29, 1.82) is 0 Å². The lowest BCUT2D eigenvalue weighted by atomic mass is 10.0. The summed E-state index contributed by atoms with van der Waals surface area (Å²) in [6, 6.07) is 9.79. The zero-order valence-electron chi connectivity index (χ0n) is 10.5. The Morgan fingerprint density at radius 2 is 1.94 bits per heavy atom. The average Bonchev–Trinajstić information content (AvgIpc) is 2.38. The Kier molecular flexibility index (Phi) is 6.15. The van der Waals surface area contributed by atoms with Crippen LogP contribution in [0.3, 0.4) is 0 Å². The Morgan fingerprint density at radius 3 is 2.53 bits per heavy atom. The Morgan fingerprint density at radius 1 is 1.24 bits per heavy atom. The van der Waals surface area contributed by atoms with Crippen molar-refractivity contribution in [2.75, 3.05) is 7.11 Å². The summed E-state index contributed by atoms with van der Waals surface area (Å²) in [6.45, 7) is 2.15. The van der Waals surface area contributed by atoms with Gasteiger partial charge >= 0.3 is 6.16 Å². The second kappa shape index (κ2) is 7.71. The molecule has 0 saturated carbocycles. The molecule has 0 aromatic heterocycles. The maximum absolute atomic E-state index is 11.2. The Hall–Kier alpha value is -1.51. The van der Waals surface area contributed by atoms with Crippen LogP contribution in [0.1, 0.15) is 44.3 Å². The number of ether oxygens (including phenoxy) is 2. The molecular weight excluding hydrogens is 216 g/mol. The van der Waals surface area contributed by atoms with Crippen molar-refractivity contribution in [2.24, 2.45) is 0 Å². The molecule has 0 bridgehead atoms. The first-order valence-electron chi connectivity index (χ1n) is 6.07. The Balaban J connectivity index is 2.61. The molecule has 94 valence electrons. The van der Waals surface area contributed by atoms with Crippen LogP contribution in [0.2, 0.25) is 0 Å². The summed E-state index contributed by atoms with van der Waals surface area (Å²) in [6.07, 6.45) is 3.37. The van der Waals surface area contributed by atoms with E-state index in [0.29, 0.717) is 0 Å². The highest BCUT2D eigenvalue weighted by Crippen LogP contribution is 2.24. The molecule has 1 aromatic rings. The van der Waals surface area contributed by atoms with Gasteiger partial charge in [0, 0.05) is 0 Å². The molecule has 0 fully saturated rings. The van der Waals surface area contributed by atoms with Gasteiger partial charge in [0.2, 0.25) is 0 Å². The van der Waals surface area contributed by atoms with Crippen molar-refractivity contribution in [3.63, 3.8) is 0 Å². The highest BCUT2D eigenvalue weighted by molar-refractivity contribution is 5.60. The maximum Gasteiger partial charge on any atom is 0.508 e. The highest BCUT2D eigenvalue weighted by Gasteiger charge is 2.16. The minimum Gasteiger partial charge on any atom is -0.438 e. The molecular formula is C14H20O3. The van der Waals surface area contributed by atoms with Crippen molar-refractivity contribution in [3.05, 3.63) is 35.9 Å². The largest absolute Gasteiger partial charge is 0.508 e. The van der Waals surface area contributed by atoms with Crippen LogP contribution in [0.15, 0.2) is 30.3 Å². The molecule has 0 radical (unpaired) electrons. The van der Waals surface area contributed by atoms with E-state index in [-0.39, 0.29) is 6.10 Å². The third-order valence-electron chi connectivity index (χ3n) is 2.65. The quantitative estimate of drug-likeness (QED) is 0.551. The molecule has 1 atom stereocenters. The van der Waals surface area contributed by atoms with Crippen molar-refractivity contribution in [2.45, 2.75) is 38.7 Å². The minimum absolute atomic E-state index is 0.199. The predicted molar refractivity (Wildman–Crippen MR) is 66.8 cm³/mol. The summed E-state index contributed by atoms with van der Waals surface area (Å²) < 4.78 is 9.82. The van der Waals surface area contributed by atoms with E-state index in [0.717, 1.165) is 31.2 Å². The first-order chi connectivity index (χ1) is 8.27. The van der Waals surface area contributed by atoms with E-state index >= 15 is 0 Å². The van der Waals surface area contributed by atoms with E-state index in [1.807, 2.05) is 30.3 Å². The van der Waals surface area contributed by atoms with Crippen molar-refractivity contribution in [1.82, 2.24) is 0 Å². The van der Waals surface area contributed by atoms with Crippen LogP contribution in [0.4, 0.5) is 4.79 Å². The summed E-state index contributed by atoms with van der Waals surface area (Å²) in [5, 5.41) is 0. The molecule has 1 rings (SSSR count). The van der Waals surface area contributed by atoms with Crippen LogP contribution < -0.4 is 0 Å². The number of carbonyl (C=O) groups excluding carboxylic acids is 1. The molecule has 0 aliphatic heterocycles. The second-order valence-corrected chi connectivity index (χ2v) is 3.97. The van der Waals surface area contributed by atoms with Crippen LogP contribution in [-0.4, -0.2) is 13.3 Å². The number of unbranched alkanes of at least 4 members (excludes halogenated alkanes) is 2. The third-order valence-corrected chi connectivity index (χ3v) is 2.65. The van der Waals surface area contributed by atoms with Gasteiger partial charge in [0.05, 0.1) is 7.11 Å². The van der Waals surface area contributed by atoms with Gasteiger partial charge in [-0.3, -0.25) is 0 Å². The van der Waals surface area contributed by atoms with Gasteiger partial charge in [-0.1, -0.05) is 50.1 Å². The molecule has 3 nitrogen and oxygen atoms in total. The predicted octanol–water partition coefficient (Wildman–Crippen LogP) is 4.09. The summed E-state index contributed by atoms with van der Waals surface area (Å²) >= 11 is 0. The van der Waals surface area contributed by atoms with Gasteiger partial charge in [-0.2, -0.15) is 0 Å². The van der Waals surface area contributed by atoms with E-state index in [4.69, 9.17) is 4.74 Å². The van der Waals surface area contributed by atoms with E-state index in [9.17, 15) is 4.79 Å². The van der Waals surface area contributed by atoms with Crippen LogP contribution >= 0.6 is 0 Å². The van der Waals surface area contributed by atoms with E-state index in [1.54, 1.807) is 0 Å². The first-order valence-corrected chi connectivity index (χ1v) is 6.07. The third kappa shape index (κ3) is 4.89. The molecule has 0 N–H and O–H groups in total. The van der Waals surface area contributed by atoms with Gasteiger partial charge in [-0.25, -0.2) is 4.79 Å². The number of rotatable bonds is 6. The molecule has 0 aliphatic rings. The number of benzene rings is 1. The monoisotopic (exact) mass is 236 g/mol. The lowest BCUT2D eigenvalue weighted by Gasteiger charge is -2.17. The van der Waals surface area contributed by atoms with Gasteiger partial charge in [0.25, 0.3) is 0 Å². The summed E-state index contributed by atoms with van der Waals surface area (Å²) in [5.41, 5.74) is 1.02. The standard InChI is InChI=1S/C14H20O3/c1-3-4-6-11-13(17-14(15)16-2)12-9-7-5-8-10-12/h5,7-10,13H,3-4,6,11H2,1-2H3. The minimum atomic E-state index is -0.615. The number of carbonyl (C=O) groups is 1. The van der Waals surface area contributed by atoms with E-state index in [2.05, 4.69) is 11.7 Å². The summed E-state index contributed by atoms with van der Waals surface area (Å²) in [7, 11) is 1.33. The molecule has 0 saturated heterocycles. The van der Waals surface area contributed by atoms with Crippen molar-refractivity contribution < 1.29 is 14.3 Å². The van der Waals surface area contributed by atoms with Crippen LogP contribution in [0, 0.1) is 0 Å². The molecule has 0 aliphatic carbocycles. The lowest BCUT2D eigenvalue weighted by Crippen LogP contribution is -2.11. The van der Waals surface area contributed by atoms with E-state index in [1.165, 1.54) is 7.11 Å². The van der Waals surface area contributed by atoms with Gasteiger partial charge in [-0.05, 0) is 18.4 Å². The summed E-state index contributed by atoms with van der Waals surface area (Å²) in [4.78, 5) is 11.2. The molecule has 0 amide bonds. The highest BCUT2D eigenvalue weighted by atomic mass is 16.7. The van der Waals surface area contributed by atoms with Crippen LogP contribution in [-0.2, 0) is 9.47 Å². The number of methoxy groups -OCH3 is 1. The molecule has 3 heteroatoms. The topological polar surface area (TPSA) is 35.5 Å². The zero-order valence-corrected chi connectivity index (χ0v) is 10.5. The van der Waals surface area contributed by atoms with Gasteiger partial charge in [0.15, 0.2) is 0 Å². The van der Waals surface area contributed by atoms with Crippen LogP contribution in [0.25, 0.3) is 0 Å².